The van der Waals surface area contributed by atoms with Crippen molar-refractivity contribution in [3.8, 4) is 0 Å². The molecule has 8 heteroatoms. The van der Waals surface area contributed by atoms with Gasteiger partial charge in [0.2, 0.25) is 5.91 Å². The Morgan fingerprint density at radius 1 is 1.30 bits per heavy atom. The van der Waals surface area contributed by atoms with E-state index in [0.717, 1.165) is 53.2 Å². The molecule has 0 spiro atoms. The van der Waals surface area contributed by atoms with Crippen molar-refractivity contribution < 1.29 is 9.53 Å². The van der Waals surface area contributed by atoms with Gasteiger partial charge >= 0.3 is 0 Å². The molecule has 2 N–H and O–H groups in total. The van der Waals surface area contributed by atoms with Crippen molar-refractivity contribution in [1.29, 1.82) is 0 Å². The summed E-state index contributed by atoms with van der Waals surface area (Å²) in [6.45, 7) is 8.28. The Morgan fingerprint density at radius 3 is 3.00 bits per heavy atom. The van der Waals surface area contributed by atoms with Crippen molar-refractivity contribution in [3.05, 3.63) is 59.7 Å². The third-order valence-corrected chi connectivity index (χ3v) is 5.53. The maximum Gasteiger partial charge on any atom is 0.217 e. The Hall–Kier alpha value is -3.68. The molecule has 1 amide bonds. The first kappa shape index (κ1) is 22.5. The number of rotatable bonds is 8. The monoisotopic (exact) mass is 446 g/mol. The van der Waals surface area contributed by atoms with Crippen LogP contribution in [0, 0.1) is 6.92 Å². The maximum atomic E-state index is 11.4. The minimum Gasteiger partial charge on any atom is -0.501 e. The molecule has 172 valence electrons. The van der Waals surface area contributed by atoms with E-state index in [1.165, 1.54) is 0 Å². The zero-order valence-electron chi connectivity index (χ0n) is 19.3. The molecule has 4 rings (SSSR count). The molecule has 1 aliphatic rings. The first-order chi connectivity index (χ1) is 16.0. The van der Waals surface area contributed by atoms with Crippen LogP contribution in [-0.4, -0.2) is 46.6 Å². The van der Waals surface area contributed by atoms with Gasteiger partial charge in [0.25, 0.3) is 0 Å². The summed E-state index contributed by atoms with van der Waals surface area (Å²) in [5.41, 5.74) is 3.03. The van der Waals surface area contributed by atoms with Crippen LogP contribution in [0.3, 0.4) is 0 Å². The number of carbonyl (C=O) groups excluding carboxylic acids is 1. The minimum absolute atomic E-state index is 0.00105. The second-order valence-electron chi connectivity index (χ2n) is 8.17. The molecule has 1 fully saturated rings. The van der Waals surface area contributed by atoms with Crippen LogP contribution in [0.4, 0.5) is 11.6 Å². The zero-order chi connectivity index (χ0) is 23.2. The molecule has 3 aromatic rings. The number of nitrogens with zero attached hydrogens (tertiary/aromatic N) is 4. The summed E-state index contributed by atoms with van der Waals surface area (Å²) in [6, 6.07) is 10.5. The fourth-order valence-corrected chi connectivity index (χ4v) is 4.03. The van der Waals surface area contributed by atoms with E-state index in [1.54, 1.807) is 19.4 Å². The van der Waals surface area contributed by atoms with Gasteiger partial charge in [-0.25, -0.2) is 15.0 Å². The van der Waals surface area contributed by atoms with Crippen molar-refractivity contribution >= 4 is 34.5 Å². The van der Waals surface area contributed by atoms with Crippen LogP contribution in [0.1, 0.15) is 37.2 Å². The summed E-state index contributed by atoms with van der Waals surface area (Å²) in [4.78, 5) is 27.4. The quantitative estimate of drug-likeness (QED) is 0.510. The van der Waals surface area contributed by atoms with Gasteiger partial charge in [-0.2, -0.15) is 0 Å². The van der Waals surface area contributed by atoms with Crippen molar-refractivity contribution in [2.45, 2.75) is 39.8 Å². The smallest absolute Gasteiger partial charge is 0.217 e. The van der Waals surface area contributed by atoms with Gasteiger partial charge in [-0.3, -0.25) is 4.79 Å². The van der Waals surface area contributed by atoms with Gasteiger partial charge in [0, 0.05) is 38.0 Å². The summed E-state index contributed by atoms with van der Waals surface area (Å²) in [6.07, 6.45) is 6.38. The highest BCUT2D eigenvalue weighted by Gasteiger charge is 2.24. The molecule has 0 unspecified atom stereocenters. The van der Waals surface area contributed by atoms with Gasteiger partial charge in [-0.05, 0) is 49.6 Å². The molecule has 1 atom stereocenters. The van der Waals surface area contributed by atoms with Crippen LogP contribution >= 0.6 is 0 Å². The Balaban J connectivity index is 1.53. The van der Waals surface area contributed by atoms with Crippen LogP contribution in [0.2, 0.25) is 0 Å². The Bertz CT molecular complexity index is 1160. The summed E-state index contributed by atoms with van der Waals surface area (Å²) in [5, 5.41) is 7.41. The third kappa shape index (κ3) is 5.77. The molecular formula is C25H30N6O2. The highest BCUT2D eigenvalue weighted by atomic mass is 16.5. The van der Waals surface area contributed by atoms with E-state index in [2.05, 4.69) is 42.6 Å². The molecular weight excluding hydrogens is 416 g/mol. The first-order valence-corrected chi connectivity index (χ1v) is 11.3. The predicted molar refractivity (Wildman–Crippen MR) is 131 cm³/mol. The van der Waals surface area contributed by atoms with Gasteiger partial charge in [0.05, 0.1) is 24.6 Å². The van der Waals surface area contributed by atoms with Gasteiger partial charge in [-0.15, -0.1) is 0 Å². The van der Waals surface area contributed by atoms with Crippen LogP contribution in [0.25, 0.3) is 17.0 Å². The van der Waals surface area contributed by atoms with Crippen molar-refractivity contribution in [3.63, 3.8) is 0 Å². The average Bonchev–Trinajstić information content (AvgIpc) is 3.25. The number of hydrogen-bond acceptors (Lipinski definition) is 7. The van der Waals surface area contributed by atoms with Gasteiger partial charge < -0.3 is 20.3 Å². The third-order valence-electron chi connectivity index (χ3n) is 5.53. The number of aryl methyl sites for hydroxylation is 1. The number of hydrogen-bond donors (Lipinski definition) is 2. The lowest BCUT2D eigenvalue weighted by Gasteiger charge is -2.19. The second kappa shape index (κ2) is 10.3. The summed E-state index contributed by atoms with van der Waals surface area (Å²) < 4.78 is 5.30. The minimum atomic E-state index is 0.00105. The summed E-state index contributed by atoms with van der Waals surface area (Å²) >= 11 is 0. The zero-order valence-corrected chi connectivity index (χ0v) is 19.3. The lowest BCUT2D eigenvalue weighted by Crippen LogP contribution is -2.35. The van der Waals surface area contributed by atoms with E-state index in [9.17, 15) is 4.79 Å². The molecule has 0 bridgehead atoms. The number of carbonyl (C=O) groups is 1. The van der Waals surface area contributed by atoms with Crippen LogP contribution in [-0.2, 0) is 16.1 Å². The van der Waals surface area contributed by atoms with E-state index in [0.29, 0.717) is 19.0 Å². The lowest BCUT2D eigenvalue weighted by atomic mass is 10.1. The Kier molecular flexibility index (Phi) is 7.02. The molecule has 2 aromatic heterocycles. The van der Waals surface area contributed by atoms with Crippen molar-refractivity contribution in [1.82, 2.24) is 20.3 Å². The number of fused-ring (bicyclic) bond motifs is 1. The fourth-order valence-electron chi connectivity index (χ4n) is 4.03. The molecule has 0 radical (unpaired) electrons. The molecule has 1 saturated heterocycles. The molecule has 8 nitrogen and oxygen atoms in total. The summed E-state index contributed by atoms with van der Waals surface area (Å²) in [5.74, 6) is 2.35. The summed E-state index contributed by atoms with van der Waals surface area (Å²) in [7, 11) is 0. The number of anilines is 2. The first-order valence-electron chi connectivity index (χ1n) is 11.3. The number of nitrogens with one attached hydrogen (secondary N) is 2. The van der Waals surface area contributed by atoms with E-state index in [1.807, 2.05) is 38.1 Å². The van der Waals surface area contributed by atoms with Crippen molar-refractivity contribution in [2.24, 2.45) is 0 Å². The van der Waals surface area contributed by atoms with Gasteiger partial charge in [-0.1, -0.05) is 18.2 Å². The van der Waals surface area contributed by atoms with E-state index < -0.39 is 0 Å². The SMILES string of the molecule is CCO/C=C/c1cccc(CNc2nc(C)nc3cnc(N4CC[C@@H](NC(C)=O)C4)cc23)c1. The standard InChI is InChI=1S/C25H30N6O2/c1-4-33-11-9-19-6-5-7-20(12-19)14-27-25-22-13-24(26-15-23(22)28-17(2)29-25)31-10-8-21(16-31)30-18(3)32/h5-7,9,11-13,15,21H,4,8,10,14,16H2,1-3H3,(H,30,32)(H,27,28,29)/b11-9+/t21-/m1/s1. The van der Waals surface area contributed by atoms with Crippen LogP contribution in [0.15, 0.2) is 42.8 Å². The second-order valence-corrected chi connectivity index (χ2v) is 8.17. The van der Waals surface area contributed by atoms with Crippen LogP contribution in [0.5, 0.6) is 0 Å². The number of ether oxygens (including phenoxy) is 1. The van der Waals surface area contributed by atoms with Gasteiger partial charge in [0.1, 0.15) is 17.5 Å². The Labute approximate surface area is 194 Å². The van der Waals surface area contributed by atoms with E-state index in [-0.39, 0.29) is 11.9 Å². The predicted octanol–water partition coefficient (Wildman–Crippen LogP) is 3.67. The topological polar surface area (TPSA) is 92.3 Å². The van der Waals surface area contributed by atoms with Gasteiger partial charge in [0.15, 0.2) is 0 Å². The molecule has 1 aliphatic heterocycles. The fraction of sp³-hybridized carbons (Fsp3) is 0.360. The van der Waals surface area contributed by atoms with Crippen molar-refractivity contribution in [2.75, 3.05) is 29.9 Å². The lowest BCUT2D eigenvalue weighted by molar-refractivity contribution is -0.119. The average molecular weight is 447 g/mol. The highest BCUT2D eigenvalue weighted by Crippen LogP contribution is 2.26. The molecule has 0 aliphatic carbocycles. The normalized spacial score (nSPS) is 15.8. The largest absolute Gasteiger partial charge is 0.501 e. The van der Waals surface area contributed by atoms with Crippen LogP contribution < -0.4 is 15.5 Å². The molecule has 1 aromatic carbocycles. The molecule has 0 saturated carbocycles. The number of aromatic nitrogens is 3. The Morgan fingerprint density at radius 2 is 2.18 bits per heavy atom. The number of pyridine rings is 1. The number of amides is 1. The highest BCUT2D eigenvalue weighted by molar-refractivity contribution is 5.90. The maximum absolute atomic E-state index is 11.4. The number of benzene rings is 1. The van der Waals surface area contributed by atoms with E-state index in [4.69, 9.17) is 4.74 Å². The van der Waals surface area contributed by atoms with E-state index >= 15 is 0 Å². The molecule has 33 heavy (non-hydrogen) atoms. The molecule has 3 heterocycles.